The van der Waals surface area contributed by atoms with Gasteiger partial charge in [0.25, 0.3) is 0 Å². The Hall–Kier alpha value is -0.830. The highest BCUT2D eigenvalue weighted by atomic mass is 32.1. The number of carbonyl (C=O) groups is 1. The molecule has 1 heterocycles. The van der Waals surface area contributed by atoms with E-state index in [-0.39, 0.29) is 6.04 Å². The van der Waals surface area contributed by atoms with Crippen LogP contribution >= 0.6 is 11.3 Å². The molecule has 0 aliphatic heterocycles. The largest absolute Gasteiger partial charge is 0.351 e. The summed E-state index contributed by atoms with van der Waals surface area (Å²) in [6.45, 7) is 0. The molecule has 2 nitrogen and oxygen atoms in total. The standard InChI is InChI=1S/C14H19NOS/c16-10-15-13-11-5-9-17-12(11)4-8-14(13)6-2-1-3-7-14/h5,9-10,13H,1-4,6-8H2,(H,15,16). The van der Waals surface area contributed by atoms with Crippen molar-refractivity contribution >= 4 is 17.7 Å². The molecule has 1 N–H and O–H groups in total. The SMILES string of the molecule is O=CNC1c2ccsc2CCC12CCCCC2. The first-order valence-electron chi connectivity index (χ1n) is 6.62. The molecule has 1 aromatic heterocycles. The molecule has 17 heavy (non-hydrogen) atoms. The maximum Gasteiger partial charge on any atom is 0.207 e. The predicted molar refractivity (Wildman–Crippen MR) is 70.1 cm³/mol. The third-order valence-electron chi connectivity index (χ3n) is 4.64. The van der Waals surface area contributed by atoms with Crippen LogP contribution in [-0.2, 0) is 11.2 Å². The Morgan fingerprint density at radius 2 is 2.12 bits per heavy atom. The van der Waals surface area contributed by atoms with E-state index in [0.717, 1.165) is 6.41 Å². The number of amides is 1. The van der Waals surface area contributed by atoms with Gasteiger partial charge in [0.15, 0.2) is 0 Å². The van der Waals surface area contributed by atoms with Gasteiger partial charge in [-0.2, -0.15) is 0 Å². The summed E-state index contributed by atoms with van der Waals surface area (Å²) in [6.07, 6.45) is 9.96. The van der Waals surface area contributed by atoms with Crippen LogP contribution in [0.15, 0.2) is 11.4 Å². The van der Waals surface area contributed by atoms with Crippen LogP contribution in [0, 0.1) is 5.41 Å². The average Bonchev–Trinajstić information content (AvgIpc) is 2.83. The van der Waals surface area contributed by atoms with Gasteiger partial charge in [0.05, 0.1) is 6.04 Å². The molecule has 1 amide bonds. The zero-order valence-electron chi connectivity index (χ0n) is 10.1. The smallest absolute Gasteiger partial charge is 0.207 e. The molecule has 1 spiro atoms. The highest BCUT2D eigenvalue weighted by molar-refractivity contribution is 7.10. The summed E-state index contributed by atoms with van der Waals surface area (Å²) in [5.74, 6) is 0. The predicted octanol–water partition coefficient (Wildman–Crippen LogP) is 3.43. The lowest BCUT2D eigenvalue weighted by molar-refractivity contribution is -0.111. The van der Waals surface area contributed by atoms with E-state index in [1.54, 1.807) is 0 Å². The lowest BCUT2D eigenvalue weighted by Crippen LogP contribution is -2.42. The van der Waals surface area contributed by atoms with Crippen LogP contribution in [0.1, 0.15) is 55.0 Å². The third-order valence-corrected chi connectivity index (χ3v) is 5.63. The van der Waals surface area contributed by atoms with Crippen LogP contribution in [-0.4, -0.2) is 6.41 Å². The van der Waals surface area contributed by atoms with Crippen LogP contribution in [0.25, 0.3) is 0 Å². The van der Waals surface area contributed by atoms with Crippen molar-refractivity contribution in [3.8, 4) is 0 Å². The molecule has 1 unspecified atom stereocenters. The monoisotopic (exact) mass is 249 g/mol. The second-order valence-electron chi connectivity index (χ2n) is 5.44. The number of hydrogen-bond acceptors (Lipinski definition) is 2. The Morgan fingerprint density at radius 1 is 1.29 bits per heavy atom. The Labute approximate surface area is 106 Å². The second-order valence-corrected chi connectivity index (χ2v) is 6.44. The normalized spacial score (nSPS) is 26.5. The molecule has 0 aromatic carbocycles. The molecule has 2 aliphatic rings. The van der Waals surface area contributed by atoms with E-state index in [0.29, 0.717) is 5.41 Å². The van der Waals surface area contributed by atoms with E-state index in [4.69, 9.17) is 0 Å². The Balaban J connectivity index is 1.97. The van der Waals surface area contributed by atoms with Crippen molar-refractivity contribution in [3.05, 3.63) is 21.9 Å². The topological polar surface area (TPSA) is 29.1 Å². The molecule has 1 atom stereocenters. The number of aryl methyl sites for hydroxylation is 1. The van der Waals surface area contributed by atoms with Gasteiger partial charge in [-0.3, -0.25) is 4.79 Å². The van der Waals surface area contributed by atoms with Crippen molar-refractivity contribution in [1.29, 1.82) is 0 Å². The summed E-state index contributed by atoms with van der Waals surface area (Å²) in [5.41, 5.74) is 1.75. The molecule has 0 bridgehead atoms. The van der Waals surface area contributed by atoms with Crippen molar-refractivity contribution in [2.24, 2.45) is 5.41 Å². The van der Waals surface area contributed by atoms with Gasteiger partial charge < -0.3 is 5.32 Å². The van der Waals surface area contributed by atoms with E-state index in [9.17, 15) is 4.79 Å². The number of rotatable bonds is 2. The van der Waals surface area contributed by atoms with Crippen LogP contribution < -0.4 is 5.32 Å². The van der Waals surface area contributed by atoms with E-state index in [1.807, 2.05) is 11.3 Å². The van der Waals surface area contributed by atoms with Crippen LogP contribution in [0.5, 0.6) is 0 Å². The van der Waals surface area contributed by atoms with Gasteiger partial charge in [-0.05, 0) is 48.1 Å². The van der Waals surface area contributed by atoms with Gasteiger partial charge in [-0.1, -0.05) is 19.3 Å². The summed E-state index contributed by atoms with van der Waals surface area (Å²) in [6, 6.07) is 2.49. The van der Waals surface area contributed by atoms with Gasteiger partial charge in [-0.15, -0.1) is 11.3 Å². The highest BCUT2D eigenvalue weighted by Crippen LogP contribution is 2.53. The number of fused-ring (bicyclic) bond motifs is 1. The minimum absolute atomic E-state index is 0.273. The van der Waals surface area contributed by atoms with E-state index >= 15 is 0 Å². The molecule has 1 aromatic rings. The quantitative estimate of drug-likeness (QED) is 0.799. The maximum absolute atomic E-state index is 10.9. The van der Waals surface area contributed by atoms with Crippen molar-refractivity contribution in [3.63, 3.8) is 0 Å². The van der Waals surface area contributed by atoms with Crippen LogP contribution in [0.3, 0.4) is 0 Å². The number of hydrogen-bond donors (Lipinski definition) is 1. The molecule has 0 radical (unpaired) electrons. The zero-order chi connectivity index (χ0) is 11.7. The second kappa shape index (κ2) is 4.45. The minimum atomic E-state index is 0.273. The highest BCUT2D eigenvalue weighted by Gasteiger charge is 2.43. The van der Waals surface area contributed by atoms with Crippen molar-refractivity contribution in [1.82, 2.24) is 5.32 Å². The molecule has 2 aliphatic carbocycles. The Bertz CT molecular complexity index is 406. The lowest BCUT2D eigenvalue weighted by Gasteiger charge is -2.46. The third kappa shape index (κ3) is 1.81. The van der Waals surface area contributed by atoms with Crippen molar-refractivity contribution < 1.29 is 4.79 Å². The number of thiophene rings is 1. The fraction of sp³-hybridized carbons (Fsp3) is 0.643. The zero-order valence-corrected chi connectivity index (χ0v) is 10.9. The molecule has 92 valence electrons. The summed E-state index contributed by atoms with van der Waals surface area (Å²) in [5, 5.41) is 5.29. The lowest BCUT2D eigenvalue weighted by atomic mass is 9.62. The molecule has 1 fully saturated rings. The van der Waals surface area contributed by atoms with Gasteiger partial charge in [0.2, 0.25) is 6.41 Å². The van der Waals surface area contributed by atoms with Gasteiger partial charge in [-0.25, -0.2) is 0 Å². The van der Waals surface area contributed by atoms with E-state index < -0.39 is 0 Å². The minimum Gasteiger partial charge on any atom is -0.351 e. The van der Waals surface area contributed by atoms with Crippen molar-refractivity contribution in [2.45, 2.75) is 51.0 Å². The number of carbonyl (C=O) groups excluding carboxylic acids is 1. The summed E-state index contributed by atoms with van der Waals surface area (Å²) < 4.78 is 0. The fourth-order valence-electron chi connectivity index (χ4n) is 3.78. The molecular formula is C14H19NOS. The molecule has 1 saturated carbocycles. The van der Waals surface area contributed by atoms with E-state index in [2.05, 4.69) is 16.8 Å². The molecule has 0 saturated heterocycles. The first-order chi connectivity index (χ1) is 8.36. The first-order valence-corrected chi connectivity index (χ1v) is 7.50. The summed E-state index contributed by atoms with van der Waals surface area (Å²) >= 11 is 1.85. The van der Waals surface area contributed by atoms with Gasteiger partial charge in [0.1, 0.15) is 0 Å². The summed E-state index contributed by atoms with van der Waals surface area (Å²) in [4.78, 5) is 12.4. The number of nitrogens with one attached hydrogen (secondary N) is 1. The van der Waals surface area contributed by atoms with Crippen LogP contribution in [0.2, 0.25) is 0 Å². The Morgan fingerprint density at radius 3 is 2.88 bits per heavy atom. The molecular weight excluding hydrogens is 230 g/mol. The van der Waals surface area contributed by atoms with E-state index in [1.165, 1.54) is 55.4 Å². The van der Waals surface area contributed by atoms with Gasteiger partial charge in [0, 0.05) is 4.88 Å². The Kier molecular flexibility index (Phi) is 2.95. The molecule has 3 rings (SSSR count). The average molecular weight is 249 g/mol. The molecule has 3 heteroatoms. The fourth-order valence-corrected chi connectivity index (χ4v) is 4.70. The maximum atomic E-state index is 10.9. The summed E-state index contributed by atoms with van der Waals surface area (Å²) in [7, 11) is 0. The first kappa shape index (κ1) is 11.3. The van der Waals surface area contributed by atoms with Crippen molar-refractivity contribution in [2.75, 3.05) is 0 Å². The van der Waals surface area contributed by atoms with Gasteiger partial charge >= 0.3 is 0 Å². The van der Waals surface area contributed by atoms with Crippen LogP contribution in [0.4, 0.5) is 0 Å².